The van der Waals surface area contributed by atoms with Crippen LogP contribution in [0.25, 0.3) is 0 Å². The third-order valence-electron chi connectivity index (χ3n) is 4.85. The highest BCUT2D eigenvalue weighted by Crippen LogP contribution is 2.37. The van der Waals surface area contributed by atoms with Crippen molar-refractivity contribution in [3.63, 3.8) is 0 Å². The van der Waals surface area contributed by atoms with Crippen LogP contribution < -0.4 is 0 Å². The molecule has 1 aliphatic rings. The van der Waals surface area contributed by atoms with Crippen molar-refractivity contribution in [2.24, 2.45) is 0 Å². The number of aromatic nitrogens is 3. The molecule has 0 amide bonds. The van der Waals surface area contributed by atoms with E-state index in [1.54, 1.807) is 36.4 Å². The molecule has 0 bridgehead atoms. The van der Waals surface area contributed by atoms with Crippen LogP contribution in [-0.4, -0.2) is 42.7 Å². The van der Waals surface area contributed by atoms with Crippen LogP contribution in [0.15, 0.2) is 65.8 Å². The van der Waals surface area contributed by atoms with Gasteiger partial charge in [-0.15, -0.1) is 0 Å². The third kappa shape index (κ3) is 4.50. The molecule has 0 radical (unpaired) electrons. The summed E-state index contributed by atoms with van der Waals surface area (Å²) in [5.41, 5.74) is 1.84. The van der Waals surface area contributed by atoms with Crippen molar-refractivity contribution in [2.75, 3.05) is 13.2 Å². The van der Waals surface area contributed by atoms with Gasteiger partial charge in [0.05, 0.1) is 42.1 Å². The minimum absolute atomic E-state index is 0.0684. The highest BCUT2D eigenvalue weighted by molar-refractivity contribution is 7.86. The summed E-state index contributed by atoms with van der Waals surface area (Å²) in [4.78, 5) is 1.46. The SMILES string of the molecule is Cc1ccc(S(=O)(=O)OC[C@H]2CO[C@](Cn3nccn3)(c3ccccc3C#N)O2)cc1. The Morgan fingerprint density at radius 1 is 1.19 bits per heavy atom. The van der Waals surface area contributed by atoms with Crippen LogP contribution in [0.2, 0.25) is 0 Å². The molecule has 0 aliphatic carbocycles. The molecule has 3 aromatic rings. The number of benzene rings is 2. The second-order valence-electron chi connectivity index (χ2n) is 7.07. The summed E-state index contributed by atoms with van der Waals surface area (Å²) >= 11 is 0. The quantitative estimate of drug-likeness (QED) is 0.513. The summed E-state index contributed by atoms with van der Waals surface area (Å²) in [6.07, 6.45) is 2.36. The number of nitrogens with zero attached hydrogens (tertiary/aromatic N) is 4. The van der Waals surface area contributed by atoms with E-state index >= 15 is 0 Å². The molecule has 10 heteroatoms. The monoisotopic (exact) mass is 440 g/mol. The van der Waals surface area contributed by atoms with Crippen LogP contribution >= 0.6 is 0 Å². The van der Waals surface area contributed by atoms with Crippen LogP contribution in [0, 0.1) is 18.3 Å². The lowest BCUT2D eigenvalue weighted by Crippen LogP contribution is -2.36. The summed E-state index contributed by atoms with van der Waals surface area (Å²) in [6, 6.07) is 15.4. The zero-order valence-electron chi connectivity index (χ0n) is 16.7. The van der Waals surface area contributed by atoms with Crippen molar-refractivity contribution in [1.29, 1.82) is 5.26 Å². The molecule has 0 unspecified atom stereocenters. The Bertz CT molecular complexity index is 1190. The van der Waals surface area contributed by atoms with E-state index in [0.717, 1.165) is 5.56 Å². The Morgan fingerprint density at radius 3 is 2.61 bits per heavy atom. The predicted octanol–water partition coefficient (Wildman–Crippen LogP) is 2.13. The van der Waals surface area contributed by atoms with E-state index in [2.05, 4.69) is 16.3 Å². The Labute approximate surface area is 179 Å². The second-order valence-corrected chi connectivity index (χ2v) is 8.69. The zero-order chi connectivity index (χ0) is 21.9. The Hall–Kier alpha value is -3.10. The van der Waals surface area contributed by atoms with E-state index in [-0.39, 0.29) is 24.7 Å². The number of hydrogen-bond donors (Lipinski definition) is 0. The average molecular weight is 440 g/mol. The number of hydrogen-bond acceptors (Lipinski definition) is 8. The first-order valence-corrected chi connectivity index (χ1v) is 10.9. The molecule has 1 aliphatic heterocycles. The van der Waals surface area contributed by atoms with E-state index in [4.69, 9.17) is 13.7 Å². The first kappa shape index (κ1) is 21.1. The van der Waals surface area contributed by atoms with Crippen molar-refractivity contribution in [1.82, 2.24) is 15.0 Å². The van der Waals surface area contributed by atoms with E-state index in [1.807, 2.05) is 6.92 Å². The van der Waals surface area contributed by atoms with Gasteiger partial charge >= 0.3 is 0 Å². The fourth-order valence-electron chi connectivity index (χ4n) is 3.32. The largest absolute Gasteiger partial charge is 0.341 e. The Balaban J connectivity index is 1.55. The lowest BCUT2D eigenvalue weighted by Gasteiger charge is -2.28. The van der Waals surface area contributed by atoms with Gasteiger partial charge in [-0.2, -0.15) is 28.7 Å². The second kappa shape index (κ2) is 8.56. The Morgan fingerprint density at radius 2 is 1.90 bits per heavy atom. The number of rotatable bonds is 7. The van der Waals surface area contributed by atoms with Gasteiger partial charge in [-0.25, -0.2) is 0 Å². The summed E-state index contributed by atoms with van der Waals surface area (Å²) in [5.74, 6) is -1.35. The molecular formula is C21H20N4O5S. The molecule has 31 heavy (non-hydrogen) atoms. The molecule has 1 saturated heterocycles. The maximum Gasteiger partial charge on any atom is 0.297 e. The lowest BCUT2D eigenvalue weighted by atomic mass is 10.00. The van der Waals surface area contributed by atoms with Crippen LogP contribution in [-0.2, 0) is 36.1 Å². The lowest BCUT2D eigenvalue weighted by molar-refractivity contribution is -0.192. The highest BCUT2D eigenvalue weighted by atomic mass is 32.2. The van der Waals surface area contributed by atoms with Gasteiger partial charge in [-0.05, 0) is 25.1 Å². The first-order chi connectivity index (χ1) is 14.9. The molecule has 9 nitrogen and oxygen atoms in total. The van der Waals surface area contributed by atoms with Crippen LogP contribution in [0.3, 0.4) is 0 Å². The molecule has 4 rings (SSSR count). The fourth-order valence-corrected chi connectivity index (χ4v) is 4.26. The fraction of sp³-hybridized carbons (Fsp3) is 0.286. The molecular weight excluding hydrogens is 420 g/mol. The van der Waals surface area contributed by atoms with Gasteiger partial charge in [0.2, 0.25) is 5.79 Å². The number of nitriles is 1. The topological polar surface area (TPSA) is 116 Å². The average Bonchev–Trinajstić information content (AvgIpc) is 3.43. The van der Waals surface area contributed by atoms with Crippen molar-refractivity contribution in [2.45, 2.75) is 30.3 Å². The standard InChI is InChI=1S/C21H20N4O5S/c1-16-6-8-19(9-7-16)31(26,27)29-14-18-13-28-21(30-18,15-25-23-10-11-24-25)20-5-3-2-4-17(20)12-22/h2-11,18H,13-15H2,1H3/t18-,21+/m1/s1. The van der Waals surface area contributed by atoms with Crippen molar-refractivity contribution >= 4 is 10.1 Å². The van der Waals surface area contributed by atoms with Gasteiger partial charge in [0.1, 0.15) is 12.6 Å². The van der Waals surface area contributed by atoms with Crippen molar-refractivity contribution < 1.29 is 22.1 Å². The normalized spacial score (nSPS) is 21.1. The van der Waals surface area contributed by atoms with Gasteiger partial charge < -0.3 is 9.47 Å². The molecule has 2 atom stereocenters. The third-order valence-corrected chi connectivity index (χ3v) is 6.15. The summed E-state index contributed by atoms with van der Waals surface area (Å²) < 4.78 is 42.4. The minimum atomic E-state index is -3.95. The minimum Gasteiger partial charge on any atom is -0.341 e. The molecule has 0 N–H and O–H groups in total. The predicted molar refractivity (Wildman–Crippen MR) is 108 cm³/mol. The van der Waals surface area contributed by atoms with Gasteiger partial charge in [0, 0.05) is 5.56 Å². The summed E-state index contributed by atoms with van der Waals surface area (Å²) in [5, 5.41) is 17.7. The Kier molecular flexibility index (Phi) is 5.84. The van der Waals surface area contributed by atoms with Crippen LogP contribution in [0.1, 0.15) is 16.7 Å². The van der Waals surface area contributed by atoms with Crippen LogP contribution in [0.5, 0.6) is 0 Å². The molecule has 2 heterocycles. The molecule has 1 aromatic heterocycles. The van der Waals surface area contributed by atoms with Gasteiger partial charge in [-0.3, -0.25) is 4.18 Å². The van der Waals surface area contributed by atoms with Crippen LogP contribution in [0.4, 0.5) is 0 Å². The molecule has 0 spiro atoms. The summed E-state index contributed by atoms with van der Waals surface area (Å²) in [7, 11) is -3.95. The maximum atomic E-state index is 12.5. The number of aryl methyl sites for hydroxylation is 1. The van der Waals surface area contributed by atoms with Crippen molar-refractivity contribution in [3.8, 4) is 6.07 Å². The van der Waals surface area contributed by atoms with E-state index in [1.165, 1.54) is 29.3 Å². The molecule has 0 saturated carbocycles. The highest BCUT2D eigenvalue weighted by Gasteiger charge is 2.46. The van der Waals surface area contributed by atoms with Gasteiger partial charge in [-0.1, -0.05) is 35.9 Å². The van der Waals surface area contributed by atoms with E-state index in [9.17, 15) is 13.7 Å². The first-order valence-electron chi connectivity index (χ1n) is 9.53. The number of ether oxygens (including phenoxy) is 2. The molecule has 1 fully saturated rings. The smallest absolute Gasteiger partial charge is 0.297 e. The maximum absolute atomic E-state index is 12.5. The molecule has 2 aromatic carbocycles. The zero-order valence-corrected chi connectivity index (χ0v) is 17.5. The van der Waals surface area contributed by atoms with Crippen molar-refractivity contribution in [3.05, 3.63) is 77.6 Å². The molecule has 160 valence electrons. The van der Waals surface area contributed by atoms with Gasteiger partial charge in [0.15, 0.2) is 0 Å². The van der Waals surface area contributed by atoms with E-state index < -0.39 is 22.0 Å². The van der Waals surface area contributed by atoms with Gasteiger partial charge in [0.25, 0.3) is 10.1 Å². The van der Waals surface area contributed by atoms with E-state index in [0.29, 0.717) is 11.1 Å². The summed E-state index contributed by atoms with van der Waals surface area (Å²) in [6.45, 7) is 1.79.